The molecule has 8 nitrogen and oxygen atoms in total. The molecule has 9 heteroatoms. The molecule has 29 heavy (non-hydrogen) atoms. The molecular formula is C20H18N6O2S. The monoisotopic (exact) mass is 406 g/mol. The fraction of sp³-hybridized carbons (Fsp3) is 0.250. The van der Waals surface area contributed by atoms with Crippen LogP contribution >= 0.6 is 11.3 Å². The summed E-state index contributed by atoms with van der Waals surface area (Å²) in [5, 5.41) is 1.01. The van der Waals surface area contributed by atoms with Crippen molar-refractivity contribution in [3.63, 3.8) is 0 Å². The molecule has 0 bridgehead atoms. The number of fused-ring (bicyclic) bond motifs is 1. The Morgan fingerprint density at radius 2 is 1.90 bits per heavy atom. The first kappa shape index (κ1) is 17.9. The van der Waals surface area contributed by atoms with Crippen LogP contribution in [0, 0.1) is 0 Å². The zero-order valence-corrected chi connectivity index (χ0v) is 16.6. The molecule has 1 aliphatic rings. The molecule has 0 saturated carbocycles. The Kier molecular flexibility index (Phi) is 4.74. The number of rotatable bonds is 4. The first-order valence-electron chi connectivity index (χ1n) is 9.21. The van der Waals surface area contributed by atoms with Crippen LogP contribution in [0.2, 0.25) is 0 Å². The van der Waals surface area contributed by atoms with E-state index in [0.29, 0.717) is 19.0 Å². The summed E-state index contributed by atoms with van der Waals surface area (Å²) in [4.78, 5) is 26.4. The molecule has 0 N–H and O–H groups in total. The Hall–Kier alpha value is -3.17. The van der Waals surface area contributed by atoms with Crippen molar-refractivity contribution in [1.29, 1.82) is 0 Å². The second-order valence-electron chi connectivity index (χ2n) is 6.50. The lowest BCUT2D eigenvalue weighted by molar-refractivity contribution is 0.122. The Labute approximate surface area is 171 Å². The van der Waals surface area contributed by atoms with E-state index in [4.69, 9.17) is 19.4 Å². The molecule has 0 unspecified atom stereocenters. The summed E-state index contributed by atoms with van der Waals surface area (Å²) < 4.78 is 11.0. The number of aromatic nitrogens is 5. The zero-order chi connectivity index (χ0) is 19.6. The number of anilines is 1. The Balaban J connectivity index is 1.70. The molecule has 4 aromatic rings. The van der Waals surface area contributed by atoms with Gasteiger partial charge in [-0.3, -0.25) is 4.98 Å². The summed E-state index contributed by atoms with van der Waals surface area (Å²) in [5.74, 6) is 2.30. The molecule has 146 valence electrons. The number of thiophene rings is 1. The average molecular weight is 406 g/mol. The van der Waals surface area contributed by atoms with Gasteiger partial charge in [0.15, 0.2) is 5.82 Å². The van der Waals surface area contributed by atoms with Gasteiger partial charge >= 0.3 is 0 Å². The van der Waals surface area contributed by atoms with Gasteiger partial charge in [-0.15, -0.1) is 11.3 Å². The Morgan fingerprint density at radius 3 is 2.69 bits per heavy atom. The van der Waals surface area contributed by atoms with Crippen molar-refractivity contribution >= 4 is 27.4 Å². The van der Waals surface area contributed by atoms with Crippen molar-refractivity contribution < 1.29 is 9.47 Å². The van der Waals surface area contributed by atoms with Gasteiger partial charge in [-0.05, 0) is 12.1 Å². The van der Waals surface area contributed by atoms with E-state index in [-0.39, 0.29) is 0 Å². The number of nitrogens with zero attached hydrogens (tertiary/aromatic N) is 6. The predicted molar refractivity (Wildman–Crippen MR) is 111 cm³/mol. The van der Waals surface area contributed by atoms with E-state index in [1.165, 1.54) is 6.33 Å². The molecule has 0 aromatic carbocycles. The maximum absolute atomic E-state index is 5.53. The quantitative estimate of drug-likeness (QED) is 0.511. The molecule has 0 atom stereocenters. The molecule has 5 heterocycles. The van der Waals surface area contributed by atoms with E-state index in [2.05, 4.69) is 25.9 Å². The predicted octanol–water partition coefficient (Wildman–Crippen LogP) is 3.06. The maximum Gasteiger partial charge on any atom is 0.166 e. The summed E-state index contributed by atoms with van der Waals surface area (Å²) in [5.41, 5.74) is 1.73. The standard InChI is InChI=1S/C20H18N6O2S/c1-27-16-2-3-21-11-15(16)17-8-14-19(26-4-6-28-7-5-26)24-18(25-20(14)29-17)13-9-22-12-23-10-13/h2-3,8-12H,4-7H2,1H3. The molecule has 0 amide bonds. The highest BCUT2D eigenvalue weighted by molar-refractivity contribution is 7.22. The van der Waals surface area contributed by atoms with Gasteiger partial charge in [0.25, 0.3) is 0 Å². The smallest absolute Gasteiger partial charge is 0.166 e. The number of methoxy groups -OCH3 is 1. The highest BCUT2D eigenvalue weighted by Gasteiger charge is 2.21. The third-order valence-electron chi connectivity index (χ3n) is 4.77. The molecule has 4 aromatic heterocycles. The van der Waals surface area contributed by atoms with Crippen molar-refractivity contribution in [1.82, 2.24) is 24.9 Å². The highest BCUT2D eigenvalue weighted by atomic mass is 32.1. The van der Waals surface area contributed by atoms with Gasteiger partial charge < -0.3 is 14.4 Å². The lowest BCUT2D eigenvalue weighted by atomic mass is 10.2. The minimum Gasteiger partial charge on any atom is -0.496 e. The van der Waals surface area contributed by atoms with E-state index in [1.807, 2.05) is 12.3 Å². The molecule has 0 spiro atoms. The summed E-state index contributed by atoms with van der Waals surface area (Å²) in [6.45, 7) is 2.95. The second kappa shape index (κ2) is 7.69. The number of morpholine rings is 1. The van der Waals surface area contributed by atoms with Crippen LogP contribution in [0.5, 0.6) is 5.75 Å². The minimum atomic E-state index is 0.617. The fourth-order valence-corrected chi connectivity index (χ4v) is 4.38. The second-order valence-corrected chi connectivity index (χ2v) is 7.53. The van der Waals surface area contributed by atoms with Crippen LogP contribution in [0.1, 0.15) is 0 Å². The first-order chi connectivity index (χ1) is 14.3. The molecule has 1 fully saturated rings. The van der Waals surface area contributed by atoms with Crippen LogP contribution < -0.4 is 9.64 Å². The molecule has 0 radical (unpaired) electrons. The van der Waals surface area contributed by atoms with Crippen LogP contribution in [0.4, 0.5) is 5.82 Å². The average Bonchev–Trinajstić information content (AvgIpc) is 3.23. The largest absolute Gasteiger partial charge is 0.496 e. The molecule has 1 saturated heterocycles. The van der Waals surface area contributed by atoms with E-state index >= 15 is 0 Å². The van der Waals surface area contributed by atoms with E-state index < -0.39 is 0 Å². The summed E-state index contributed by atoms with van der Waals surface area (Å²) in [6, 6.07) is 3.98. The van der Waals surface area contributed by atoms with Crippen molar-refractivity contribution in [2.24, 2.45) is 0 Å². The van der Waals surface area contributed by atoms with Gasteiger partial charge in [-0.25, -0.2) is 19.9 Å². The van der Waals surface area contributed by atoms with Crippen LogP contribution in [0.25, 0.3) is 32.0 Å². The summed E-state index contributed by atoms with van der Waals surface area (Å²) >= 11 is 1.60. The van der Waals surface area contributed by atoms with Gasteiger partial charge in [-0.2, -0.15) is 0 Å². The van der Waals surface area contributed by atoms with Gasteiger partial charge in [-0.1, -0.05) is 0 Å². The van der Waals surface area contributed by atoms with E-state index in [1.54, 1.807) is 37.0 Å². The fourth-order valence-electron chi connectivity index (χ4n) is 3.34. The van der Waals surface area contributed by atoms with Gasteiger partial charge in [0.2, 0.25) is 0 Å². The highest BCUT2D eigenvalue weighted by Crippen LogP contribution is 2.40. The SMILES string of the molecule is COc1ccncc1-c1cc2c(N3CCOCC3)nc(-c3cncnc3)nc2s1. The van der Waals surface area contributed by atoms with Gasteiger partial charge in [0, 0.05) is 42.8 Å². The minimum absolute atomic E-state index is 0.617. The molecule has 5 rings (SSSR count). The van der Waals surface area contributed by atoms with Gasteiger partial charge in [0.05, 0.1) is 36.8 Å². The third-order valence-corrected chi connectivity index (χ3v) is 5.83. The topological polar surface area (TPSA) is 86.2 Å². The number of hydrogen-bond donors (Lipinski definition) is 0. The number of pyridine rings is 1. The van der Waals surface area contributed by atoms with Crippen LogP contribution in [-0.4, -0.2) is 58.3 Å². The van der Waals surface area contributed by atoms with Crippen LogP contribution in [-0.2, 0) is 4.74 Å². The number of hydrogen-bond acceptors (Lipinski definition) is 9. The Morgan fingerprint density at radius 1 is 1.07 bits per heavy atom. The van der Waals surface area contributed by atoms with Gasteiger partial charge in [0.1, 0.15) is 22.7 Å². The molecule has 1 aliphatic heterocycles. The molecule has 0 aliphatic carbocycles. The summed E-state index contributed by atoms with van der Waals surface area (Å²) in [6.07, 6.45) is 8.51. The van der Waals surface area contributed by atoms with E-state index in [0.717, 1.165) is 50.9 Å². The van der Waals surface area contributed by atoms with Crippen LogP contribution in [0.3, 0.4) is 0 Å². The summed E-state index contributed by atoms with van der Waals surface area (Å²) in [7, 11) is 1.67. The maximum atomic E-state index is 5.53. The Bertz CT molecular complexity index is 1140. The number of ether oxygens (including phenoxy) is 2. The van der Waals surface area contributed by atoms with Crippen LogP contribution in [0.15, 0.2) is 43.2 Å². The van der Waals surface area contributed by atoms with E-state index in [9.17, 15) is 0 Å². The van der Waals surface area contributed by atoms with Crippen molar-refractivity contribution in [3.8, 4) is 27.6 Å². The van der Waals surface area contributed by atoms with Crippen molar-refractivity contribution in [2.75, 3.05) is 38.3 Å². The lowest BCUT2D eigenvalue weighted by Gasteiger charge is -2.28. The molecular weight excluding hydrogens is 388 g/mol. The lowest BCUT2D eigenvalue weighted by Crippen LogP contribution is -2.37. The zero-order valence-electron chi connectivity index (χ0n) is 15.8. The third kappa shape index (κ3) is 3.39. The van der Waals surface area contributed by atoms with Crippen molar-refractivity contribution in [2.45, 2.75) is 0 Å². The first-order valence-corrected chi connectivity index (χ1v) is 10.0. The van der Waals surface area contributed by atoms with Crippen molar-refractivity contribution in [3.05, 3.63) is 43.2 Å². The normalized spacial score (nSPS) is 14.3.